The number of hydrogen-bond donors (Lipinski definition) is 1. The minimum atomic E-state index is -0.775. The quantitative estimate of drug-likeness (QED) is 0.366. The Balaban J connectivity index is 1.53. The van der Waals surface area contributed by atoms with E-state index in [0.29, 0.717) is 15.2 Å². The number of benzene rings is 2. The number of non-ortho nitro benzene ring substituents is 1. The lowest BCUT2D eigenvalue weighted by molar-refractivity contribution is -0.384. The Hall–Kier alpha value is -3.08. The molecule has 0 atom stereocenters. The first-order chi connectivity index (χ1) is 13.8. The molecule has 9 nitrogen and oxygen atoms in total. The number of nitrogens with zero attached hydrogens (tertiary/aromatic N) is 3. The Morgan fingerprint density at radius 1 is 1.17 bits per heavy atom. The van der Waals surface area contributed by atoms with Gasteiger partial charge in [0.1, 0.15) is 12.1 Å². The number of anilines is 1. The number of nitro groups is 1. The Morgan fingerprint density at radius 3 is 2.62 bits per heavy atom. The molecule has 1 aromatic heterocycles. The number of carbonyl (C=O) groups is 3. The average Bonchev–Trinajstić information content (AvgIpc) is 3.19. The van der Waals surface area contributed by atoms with Crippen LogP contribution in [0.5, 0.6) is 0 Å². The molecule has 3 aromatic rings. The van der Waals surface area contributed by atoms with Crippen LogP contribution in [0.2, 0.25) is 10.0 Å². The summed E-state index contributed by atoms with van der Waals surface area (Å²) in [4.78, 5) is 52.4. The number of carbonyl (C=O) groups excluding carboxylic acids is 3. The van der Waals surface area contributed by atoms with Gasteiger partial charge in [-0.2, -0.15) is 0 Å². The number of hydrogen-bond acceptors (Lipinski definition) is 7. The minimum absolute atomic E-state index is 0.00908. The third-order valence-corrected chi connectivity index (χ3v) is 5.90. The van der Waals surface area contributed by atoms with E-state index >= 15 is 0 Å². The molecule has 0 radical (unpaired) electrons. The maximum Gasteiger partial charge on any atom is 0.270 e. The van der Waals surface area contributed by atoms with E-state index in [1.54, 1.807) is 12.1 Å². The topological polar surface area (TPSA) is 123 Å². The zero-order chi connectivity index (χ0) is 20.9. The van der Waals surface area contributed by atoms with Gasteiger partial charge in [0.15, 0.2) is 5.13 Å². The van der Waals surface area contributed by atoms with Crippen LogP contribution in [0.3, 0.4) is 0 Å². The summed E-state index contributed by atoms with van der Waals surface area (Å²) in [7, 11) is 0. The molecule has 4 rings (SSSR count). The van der Waals surface area contributed by atoms with Crippen molar-refractivity contribution >= 4 is 73.3 Å². The minimum Gasteiger partial charge on any atom is -0.300 e. The van der Waals surface area contributed by atoms with Crippen LogP contribution in [0.25, 0.3) is 10.2 Å². The van der Waals surface area contributed by atoms with Crippen molar-refractivity contribution in [2.75, 3.05) is 11.9 Å². The Bertz CT molecular complexity index is 1240. The van der Waals surface area contributed by atoms with Crippen molar-refractivity contribution in [3.05, 3.63) is 61.6 Å². The van der Waals surface area contributed by atoms with E-state index < -0.39 is 29.2 Å². The standard InChI is InChI=1S/C17H8Cl2N4O5S/c18-10-3-4-11-14(13(10)19)21-17(29-11)20-12(24)6-22-15(25)8-2-1-7(23(27)28)5-9(8)16(22)26/h1-5H,6H2,(H,20,21,24). The van der Waals surface area contributed by atoms with Crippen LogP contribution >= 0.6 is 34.5 Å². The van der Waals surface area contributed by atoms with Gasteiger partial charge in [0.2, 0.25) is 5.91 Å². The summed E-state index contributed by atoms with van der Waals surface area (Å²) in [6.07, 6.45) is 0. The van der Waals surface area contributed by atoms with Gasteiger partial charge in [0.25, 0.3) is 17.5 Å². The number of halogens is 2. The smallest absolute Gasteiger partial charge is 0.270 e. The number of thiazole rings is 1. The average molecular weight is 451 g/mol. The van der Waals surface area contributed by atoms with Crippen molar-refractivity contribution in [3.8, 4) is 0 Å². The molecule has 0 aliphatic carbocycles. The molecule has 0 saturated carbocycles. The Labute approximate surface area is 176 Å². The summed E-state index contributed by atoms with van der Waals surface area (Å²) >= 11 is 13.2. The van der Waals surface area contributed by atoms with Crippen molar-refractivity contribution in [1.29, 1.82) is 0 Å². The predicted octanol–water partition coefficient (Wildman–Crippen LogP) is 3.75. The first-order valence-electron chi connectivity index (χ1n) is 7.95. The fourth-order valence-corrected chi connectivity index (χ4v) is 4.14. The number of imide groups is 1. The van der Waals surface area contributed by atoms with Crippen LogP contribution in [0, 0.1) is 10.1 Å². The van der Waals surface area contributed by atoms with Crippen LogP contribution in [0.1, 0.15) is 20.7 Å². The number of nitrogens with one attached hydrogen (secondary N) is 1. The summed E-state index contributed by atoms with van der Waals surface area (Å²) in [5.74, 6) is -2.13. The van der Waals surface area contributed by atoms with Gasteiger partial charge in [-0.15, -0.1) is 0 Å². The van der Waals surface area contributed by atoms with Crippen LogP contribution in [-0.4, -0.2) is 39.1 Å². The lowest BCUT2D eigenvalue weighted by Crippen LogP contribution is -2.37. The summed E-state index contributed by atoms with van der Waals surface area (Å²) in [5, 5.41) is 14.2. The SMILES string of the molecule is O=C(CN1C(=O)c2ccc([N+](=O)[O-])cc2C1=O)Nc1nc2c(Cl)c(Cl)ccc2s1. The lowest BCUT2D eigenvalue weighted by atomic mass is 10.1. The highest BCUT2D eigenvalue weighted by atomic mass is 35.5. The molecule has 0 spiro atoms. The van der Waals surface area contributed by atoms with Gasteiger partial charge in [-0.1, -0.05) is 34.5 Å². The van der Waals surface area contributed by atoms with E-state index in [1.807, 2.05) is 0 Å². The molecule has 0 unspecified atom stereocenters. The van der Waals surface area contributed by atoms with E-state index in [4.69, 9.17) is 23.2 Å². The second-order valence-corrected chi connectivity index (χ2v) is 7.77. The molecule has 0 bridgehead atoms. The molecule has 1 N–H and O–H groups in total. The third-order valence-electron chi connectivity index (χ3n) is 4.17. The number of fused-ring (bicyclic) bond motifs is 2. The number of aromatic nitrogens is 1. The molecule has 2 heterocycles. The molecule has 3 amide bonds. The highest BCUT2D eigenvalue weighted by molar-refractivity contribution is 7.22. The largest absolute Gasteiger partial charge is 0.300 e. The zero-order valence-corrected chi connectivity index (χ0v) is 16.5. The fraction of sp³-hybridized carbons (Fsp3) is 0.0588. The molecule has 29 heavy (non-hydrogen) atoms. The maximum atomic E-state index is 12.5. The van der Waals surface area contributed by atoms with Crippen molar-refractivity contribution in [3.63, 3.8) is 0 Å². The molecular weight excluding hydrogens is 443 g/mol. The second-order valence-electron chi connectivity index (χ2n) is 5.96. The predicted molar refractivity (Wildman–Crippen MR) is 107 cm³/mol. The van der Waals surface area contributed by atoms with Crippen molar-refractivity contribution in [1.82, 2.24) is 9.88 Å². The monoisotopic (exact) mass is 450 g/mol. The molecule has 0 saturated heterocycles. The number of rotatable bonds is 4. The van der Waals surface area contributed by atoms with Crippen molar-refractivity contribution < 1.29 is 19.3 Å². The van der Waals surface area contributed by atoms with Gasteiger partial charge in [-0.05, 0) is 18.2 Å². The molecule has 146 valence electrons. The molecular formula is C17H8Cl2N4O5S. The first kappa shape index (κ1) is 19.2. The first-order valence-corrected chi connectivity index (χ1v) is 9.52. The summed E-state index contributed by atoms with van der Waals surface area (Å²) < 4.78 is 0.697. The highest BCUT2D eigenvalue weighted by Crippen LogP contribution is 2.35. The van der Waals surface area contributed by atoms with Gasteiger partial charge in [-0.25, -0.2) is 4.98 Å². The maximum absolute atomic E-state index is 12.5. The fourth-order valence-electron chi connectivity index (χ4n) is 2.83. The Morgan fingerprint density at radius 2 is 1.90 bits per heavy atom. The van der Waals surface area contributed by atoms with Gasteiger partial charge < -0.3 is 5.32 Å². The second kappa shape index (κ2) is 7.07. The van der Waals surface area contributed by atoms with Gasteiger partial charge in [0, 0.05) is 12.1 Å². The van der Waals surface area contributed by atoms with Crippen LogP contribution in [0.15, 0.2) is 30.3 Å². The van der Waals surface area contributed by atoms with Crippen LogP contribution in [-0.2, 0) is 4.79 Å². The summed E-state index contributed by atoms with van der Waals surface area (Å²) in [5.41, 5.74) is 0.00180. The summed E-state index contributed by atoms with van der Waals surface area (Å²) in [6, 6.07) is 6.66. The van der Waals surface area contributed by atoms with Crippen molar-refractivity contribution in [2.24, 2.45) is 0 Å². The normalized spacial score (nSPS) is 13.1. The highest BCUT2D eigenvalue weighted by Gasteiger charge is 2.37. The van der Waals surface area contributed by atoms with Gasteiger partial charge in [-0.3, -0.25) is 29.4 Å². The van der Waals surface area contributed by atoms with Crippen LogP contribution < -0.4 is 5.32 Å². The molecule has 12 heteroatoms. The van der Waals surface area contributed by atoms with E-state index in [0.717, 1.165) is 28.4 Å². The number of nitro benzene ring substituents is 1. The zero-order valence-electron chi connectivity index (χ0n) is 14.1. The van der Waals surface area contributed by atoms with Gasteiger partial charge in [0.05, 0.1) is 30.8 Å². The number of amides is 3. The van der Waals surface area contributed by atoms with Gasteiger partial charge >= 0.3 is 0 Å². The van der Waals surface area contributed by atoms with E-state index in [9.17, 15) is 24.5 Å². The molecule has 2 aromatic carbocycles. The van der Waals surface area contributed by atoms with Crippen molar-refractivity contribution in [2.45, 2.75) is 0 Å². The molecule has 1 aliphatic heterocycles. The lowest BCUT2D eigenvalue weighted by Gasteiger charge is -2.12. The van der Waals surface area contributed by atoms with E-state index in [2.05, 4.69) is 10.3 Å². The summed E-state index contributed by atoms with van der Waals surface area (Å²) in [6.45, 7) is -0.565. The Kier molecular flexibility index (Phi) is 4.69. The van der Waals surface area contributed by atoms with Crippen LogP contribution in [0.4, 0.5) is 10.8 Å². The third kappa shape index (κ3) is 3.31. The van der Waals surface area contributed by atoms with E-state index in [1.165, 1.54) is 6.07 Å². The molecule has 0 fully saturated rings. The van der Waals surface area contributed by atoms with E-state index in [-0.39, 0.29) is 27.0 Å². The molecule has 1 aliphatic rings.